The van der Waals surface area contributed by atoms with Crippen molar-refractivity contribution in [3.05, 3.63) is 0 Å². The lowest BCUT2D eigenvalue weighted by molar-refractivity contribution is -0.150. The van der Waals surface area contributed by atoms with Crippen LogP contribution in [0.2, 0.25) is 0 Å². The van der Waals surface area contributed by atoms with E-state index in [-0.39, 0.29) is 30.5 Å². The van der Waals surface area contributed by atoms with Crippen molar-refractivity contribution in [3.63, 3.8) is 0 Å². The van der Waals surface area contributed by atoms with Gasteiger partial charge >= 0.3 is 5.97 Å². The van der Waals surface area contributed by atoms with Crippen molar-refractivity contribution in [1.82, 2.24) is 0 Å². The quantitative estimate of drug-likeness (QED) is 0.268. The zero-order valence-electron chi connectivity index (χ0n) is 19.6. The van der Waals surface area contributed by atoms with Gasteiger partial charge in [-0.15, -0.1) is 0 Å². The molecule has 0 amide bonds. The second kappa shape index (κ2) is 14.0. The van der Waals surface area contributed by atoms with Crippen LogP contribution in [0.15, 0.2) is 5.16 Å². The average molecular weight is 414 g/mol. The molecule has 0 aromatic heterocycles. The zero-order chi connectivity index (χ0) is 21.8. The molecule has 6 heteroatoms. The molecule has 1 saturated heterocycles. The summed E-state index contributed by atoms with van der Waals surface area (Å²) >= 11 is 0. The van der Waals surface area contributed by atoms with E-state index in [1.54, 1.807) is 7.11 Å². The summed E-state index contributed by atoms with van der Waals surface area (Å²) in [7, 11) is 1.64. The number of hydrogen-bond acceptors (Lipinski definition) is 6. The second-order valence-electron chi connectivity index (χ2n) is 9.26. The molecule has 0 saturated carbocycles. The highest BCUT2D eigenvalue weighted by Crippen LogP contribution is 2.28. The average Bonchev–Trinajstić information content (AvgIpc) is 2.64. The van der Waals surface area contributed by atoms with E-state index < -0.39 is 0 Å². The van der Waals surface area contributed by atoms with Gasteiger partial charge in [0.25, 0.3) is 0 Å². The van der Waals surface area contributed by atoms with Crippen LogP contribution in [0.25, 0.3) is 0 Å². The van der Waals surface area contributed by atoms with Gasteiger partial charge < -0.3 is 19.0 Å². The molecule has 0 N–H and O–H groups in total. The molecule has 1 heterocycles. The Labute approximate surface area is 177 Å². The second-order valence-corrected chi connectivity index (χ2v) is 9.26. The number of oxime groups is 1. The number of methoxy groups -OCH3 is 1. The first kappa shape index (κ1) is 25.9. The summed E-state index contributed by atoms with van der Waals surface area (Å²) in [6, 6.07) is 0. The number of ether oxygens (including phenoxy) is 3. The van der Waals surface area contributed by atoms with E-state index in [0.29, 0.717) is 37.6 Å². The highest BCUT2D eigenvalue weighted by Gasteiger charge is 2.26. The maximum Gasteiger partial charge on any atom is 0.308 e. The molecule has 6 atom stereocenters. The minimum Gasteiger partial charge on any atom is -0.465 e. The summed E-state index contributed by atoms with van der Waals surface area (Å²) in [6.07, 6.45) is 3.95. The van der Waals surface area contributed by atoms with Gasteiger partial charge in [-0.1, -0.05) is 46.7 Å². The number of hydrogen-bond donors (Lipinski definition) is 0. The molecule has 1 rings (SSSR count). The van der Waals surface area contributed by atoms with Gasteiger partial charge in [0, 0.05) is 7.11 Å². The van der Waals surface area contributed by atoms with Gasteiger partial charge in [-0.25, -0.2) is 0 Å². The molecule has 0 aliphatic carbocycles. The lowest BCUT2D eigenvalue weighted by Crippen LogP contribution is -2.27. The number of nitrogens with zero attached hydrogens (tertiary/aromatic N) is 1. The van der Waals surface area contributed by atoms with Gasteiger partial charge in [-0.2, -0.15) is 0 Å². The van der Waals surface area contributed by atoms with Crippen molar-refractivity contribution < 1.29 is 23.8 Å². The van der Waals surface area contributed by atoms with Crippen LogP contribution in [-0.4, -0.2) is 45.4 Å². The molecule has 1 fully saturated rings. The standard InChI is InChI=1S/C23H43NO5/c1-16-10-17(2)12-21(6)23(25)28-14-18(3)13-20(5)22(19(4)11-16)24-29-15-27-9-8-26-7/h16-21H,8-15H2,1-7H3. The van der Waals surface area contributed by atoms with Crippen LogP contribution in [0.4, 0.5) is 0 Å². The van der Waals surface area contributed by atoms with Crippen LogP contribution < -0.4 is 0 Å². The summed E-state index contributed by atoms with van der Waals surface area (Å²) < 4.78 is 15.9. The molecule has 29 heavy (non-hydrogen) atoms. The Morgan fingerprint density at radius 2 is 1.45 bits per heavy atom. The monoisotopic (exact) mass is 413 g/mol. The van der Waals surface area contributed by atoms with E-state index in [1.165, 1.54) is 0 Å². The summed E-state index contributed by atoms with van der Waals surface area (Å²) in [5, 5.41) is 4.47. The Kier molecular flexibility index (Phi) is 12.5. The predicted octanol–water partition coefficient (Wildman–Crippen LogP) is 4.91. The molecule has 0 aromatic rings. The molecule has 6 unspecified atom stereocenters. The maximum atomic E-state index is 12.3. The van der Waals surface area contributed by atoms with Gasteiger partial charge in [0.15, 0.2) is 0 Å². The minimum atomic E-state index is -0.0696. The van der Waals surface area contributed by atoms with Gasteiger partial charge in [0.05, 0.1) is 31.5 Å². The topological polar surface area (TPSA) is 66.3 Å². The molecule has 170 valence electrons. The molecular weight excluding hydrogens is 370 g/mol. The van der Waals surface area contributed by atoms with Crippen LogP contribution in [0.3, 0.4) is 0 Å². The highest BCUT2D eigenvalue weighted by molar-refractivity contribution is 5.88. The summed E-state index contributed by atoms with van der Waals surface area (Å²) in [4.78, 5) is 17.8. The van der Waals surface area contributed by atoms with Gasteiger partial charge in [0.2, 0.25) is 6.79 Å². The third-order valence-corrected chi connectivity index (χ3v) is 5.73. The van der Waals surface area contributed by atoms with Crippen LogP contribution in [0, 0.1) is 35.5 Å². The lowest BCUT2D eigenvalue weighted by Gasteiger charge is -2.27. The SMILES string of the molecule is COCCOCON=C1C(C)CC(C)COC(=O)C(C)CC(C)CC(C)CC1C. The van der Waals surface area contributed by atoms with E-state index in [1.807, 2.05) is 6.92 Å². The Bertz CT molecular complexity index is 496. The van der Waals surface area contributed by atoms with E-state index in [0.717, 1.165) is 31.4 Å². The zero-order valence-corrected chi connectivity index (χ0v) is 19.6. The van der Waals surface area contributed by atoms with Gasteiger partial charge in [-0.05, 0) is 55.3 Å². The number of esters is 1. The van der Waals surface area contributed by atoms with Gasteiger partial charge in [-0.3, -0.25) is 4.79 Å². The van der Waals surface area contributed by atoms with E-state index in [4.69, 9.17) is 19.0 Å². The fourth-order valence-electron chi connectivity index (χ4n) is 4.47. The Morgan fingerprint density at radius 1 is 0.862 bits per heavy atom. The van der Waals surface area contributed by atoms with Crippen molar-refractivity contribution in [1.29, 1.82) is 0 Å². The first-order chi connectivity index (χ1) is 13.7. The third kappa shape index (κ3) is 10.4. The molecular formula is C23H43NO5. The molecule has 0 radical (unpaired) electrons. The fourth-order valence-corrected chi connectivity index (χ4v) is 4.47. The fraction of sp³-hybridized carbons (Fsp3) is 0.913. The Morgan fingerprint density at radius 3 is 2.07 bits per heavy atom. The van der Waals surface area contributed by atoms with E-state index >= 15 is 0 Å². The van der Waals surface area contributed by atoms with Crippen molar-refractivity contribution >= 4 is 11.7 Å². The van der Waals surface area contributed by atoms with E-state index in [9.17, 15) is 4.79 Å². The molecule has 6 nitrogen and oxygen atoms in total. The Balaban J connectivity index is 2.84. The molecule has 0 aromatic carbocycles. The number of rotatable bonds is 6. The minimum absolute atomic E-state index is 0.0363. The third-order valence-electron chi connectivity index (χ3n) is 5.73. The summed E-state index contributed by atoms with van der Waals surface area (Å²) in [5.41, 5.74) is 1.07. The number of carbonyl (C=O) groups is 1. The van der Waals surface area contributed by atoms with Crippen LogP contribution in [0.5, 0.6) is 0 Å². The van der Waals surface area contributed by atoms with E-state index in [2.05, 4.69) is 39.8 Å². The van der Waals surface area contributed by atoms with Crippen LogP contribution >= 0.6 is 0 Å². The van der Waals surface area contributed by atoms with Crippen molar-refractivity contribution in [3.8, 4) is 0 Å². The number of cyclic esters (lactones) is 1. The maximum absolute atomic E-state index is 12.3. The van der Waals surface area contributed by atoms with Crippen molar-refractivity contribution in [2.45, 2.75) is 67.2 Å². The van der Waals surface area contributed by atoms with Crippen LogP contribution in [-0.2, 0) is 23.8 Å². The molecule has 1 aliphatic rings. The van der Waals surface area contributed by atoms with Crippen molar-refractivity contribution in [2.24, 2.45) is 40.7 Å². The van der Waals surface area contributed by atoms with Crippen molar-refractivity contribution in [2.75, 3.05) is 33.7 Å². The van der Waals surface area contributed by atoms with Crippen LogP contribution in [0.1, 0.15) is 67.2 Å². The molecule has 0 spiro atoms. The number of carbonyl (C=O) groups excluding carboxylic acids is 1. The molecule has 1 aliphatic heterocycles. The first-order valence-electron chi connectivity index (χ1n) is 11.2. The Hall–Kier alpha value is -1.14. The van der Waals surface area contributed by atoms with Gasteiger partial charge in [0.1, 0.15) is 0 Å². The predicted molar refractivity (Wildman–Crippen MR) is 116 cm³/mol. The molecule has 0 bridgehead atoms. The smallest absolute Gasteiger partial charge is 0.308 e. The normalized spacial score (nSPS) is 34.4. The first-order valence-corrected chi connectivity index (χ1v) is 11.2. The summed E-state index contributed by atoms with van der Waals surface area (Å²) in [5.74, 6) is 1.80. The largest absolute Gasteiger partial charge is 0.465 e. The summed E-state index contributed by atoms with van der Waals surface area (Å²) in [6.45, 7) is 14.7. The lowest BCUT2D eigenvalue weighted by atomic mass is 9.80. The highest BCUT2D eigenvalue weighted by atomic mass is 16.7.